The third-order valence-electron chi connectivity index (χ3n) is 2.62. The number of aldehydes is 1. The summed E-state index contributed by atoms with van der Waals surface area (Å²) in [4.78, 5) is 12.3. The van der Waals surface area contributed by atoms with E-state index in [4.69, 9.17) is 9.47 Å². The van der Waals surface area contributed by atoms with Crippen LogP contribution in [0.3, 0.4) is 0 Å². The van der Waals surface area contributed by atoms with Crippen LogP contribution in [-0.2, 0) is 11.2 Å². The lowest BCUT2D eigenvalue weighted by atomic mass is 10.1. The SMILES string of the molecule is COc1ccc(CCN(C)CC=O)cc1OC. The Hall–Kier alpha value is -1.55. The topological polar surface area (TPSA) is 38.8 Å². The first kappa shape index (κ1) is 13.5. The van der Waals surface area contributed by atoms with E-state index in [1.165, 1.54) is 5.56 Å². The molecule has 0 bridgehead atoms. The number of hydrogen-bond donors (Lipinski definition) is 0. The minimum atomic E-state index is 0.466. The first-order valence-corrected chi connectivity index (χ1v) is 5.54. The van der Waals surface area contributed by atoms with Crippen molar-refractivity contribution in [2.24, 2.45) is 0 Å². The standard InChI is InChI=1S/C13H19NO3/c1-14(8-9-15)7-6-11-4-5-12(16-2)13(10-11)17-3/h4-5,9-10H,6-8H2,1-3H3. The lowest BCUT2D eigenvalue weighted by Gasteiger charge is -2.14. The predicted molar refractivity (Wildman–Crippen MR) is 66.8 cm³/mol. The molecule has 4 heteroatoms. The van der Waals surface area contributed by atoms with Gasteiger partial charge in [-0.05, 0) is 31.2 Å². The smallest absolute Gasteiger partial charge is 0.160 e. The van der Waals surface area contributed by atoms with Crippen molar-refractivity contribution in [2.75, 3.05) is 34.4 Å². The van der Waals surface area contributed by atoms with Crippen molar-refractivity contribution in [3.8, 4) is 11.5 Å². The van der Waals surface area contributed by atoms with E-state index in [0.29, 0.717) is 6.54 Å². The largest absolute Gasteiger partial charge is 0.493 e. The van der Waals surface area contributed by atoms with E-state index < -0.39 is 0 Å². The fourth-order valence-electron chi connectivity index (χ4n) is 1.57. The summed E-state index contributed by atoms with van der Waals surface area (Å²) in [5, 5.41) is 0. The third kappa shape index (κ3) is 4.07. The normalized spacial score (nSPS) is 10.4. The zero-order valence-electron chi connectivity index (χ0n) is 10.6. The van der Waals surface area contributed by atoms with Gasteiger partial charge in [-0.3, -0.25) is 4.90 Å². The van der Waals surface area contributed by atoms with Crippen LogP contribution >= 0.6 is 0 Å². The number of carbonyl (C=O) groups is 1. The Bertz CT molecular complexity index is 366. The Morgan fingerprint density at radius 2 is 1.94 bits per heavy atom. The molecular weight excluding hydrogens is 218 g/mol. The van der Waals surface area contributed by atoms with Gasteiger partial charge in [0.1, 0.15) is 6.29 Å². The van der Waals surface area contributed by atoms with E-state index >= 15 is 0 Å². The van der Waals surface area contributed by atoms with Crippen LogP contribution in [0.5, 0.6) is 11.5 Å². The molecule has 0 atom stereocenters. The Balaban J connectivity index is 2.62. The summed E-state index contributed by atoms with van der Waals surface area (Å²) >= 11 is 0. The Morgan fingerprint density at radius 1 is 1.24 bits per heavy atom. The molecule has 0 aliphatic rings. The molecule has 4 nitrogen and oxygen atoms in total. The first-order chi connectivity index (χ1) is 8.21. The van der Waals surface area contributed by atoms with Crippen molar-refractivity contribution in [3.63, 3.8) is 0 Å². The summed E-state index contributed by atoms with van der Waals surface area (Å²) in [5.41, 5.74) is 1.17. The van der Waals surface area contributed by atoms with Crippen LogP contribution in [0.2, 0.25) is 0 Å². The molecule has 0 N–H and O–H groups in total. The Morgan fingerprint density at radius 3 is 2.53 bits per heavy atom. The molecule has 0 unspecified atom stereocenters. The quantitative estimate of drug-likeness (QED) is 0.672. The maximum Gasteiger partial charge on any atom is 0.160 e. The van der Waals surface area contributed by atoms with Gasteiger partial charge in [0.25, 0.3) is 0 Å². The summed E-state index contributed by atoms with van der Waals surface area (Å²) in [7, 11) is 5.17. The van der Waals surface area contributed by atoms with Crippen molar-refractivity contribution in [2.45, 2.75) is 6.42 Å². The number of likely N-dealkylation sites (N-methyl/N-ethyl adjacent to an activating group) is 1. The lowest BCUT2D eigenvalue weighted by Crippen LogP contribution is -2.23. The van der Waals surface area contributed by atoms with Gasteiger partial charge >= 0.3 is 0 Å². The number of carbonyl (C=O) groups excluding carboxylic acids is 1. The average Bonchev–Trinajstić information content (AvgIpc) is 2.36. The number of rotatable bonds is 7. The number of ether oxygens (including phenoxy) is 2. The molecule has 0 amide bonds. The molecule has 0 heterocycles. The summed E-state index contributed by atoms with van der Waals surface area (Å²) in [6.45, 7) is 1.31. The van der Waals surface area contributed by atoms with E-state index in [1.807, 2.05) is 30.1 Å². The van der Waals surface area contributed by atoms with Crippen LogP contribution in [0.4, 0.5) is 0 Å². The van der Waals surface area contributed by atoms with Crippen LogP contribution in [0.1, 0.15) is 5.56 Å². The second-order valence-electron chi connectivity index (χ2n) is 3.87. The van der Waals surface area contributed by atoms with E-state index in [1.54, 1.807) is 14.2 Å². The molecule has 94 valence electrons. The lowest BCUT2D eigenvalue weighted by molar-refractivity contribution is -0.108. The molecule has 1 rings (SSSR count). The molecule has 0 spiro atoms. The third-order valence-corrected chi connectivity index (χ3v) is 2.62. The first-order valence-electron chi connectivity index (χ1n) is 5.54. The zero-order chi connectivity index (χ0) is 12.7. The van der Waals surface area contributed by atoms with Gasteiger partial charge in [-0.2, -0.15) is 0 Å². The molecule has 0 aliphatic carbocycles. The monoisotopic (exact) mass is 237 g/mol. The zero-order valence-corrected chi connectivity index (χ0v) is 10.6. The minimum absolute atomic E-state index is 0.466. The number of methoxy groups -OCH3 is 2. The maximum atomic E-state index is 10.3. The highest BCUT2D eigenvalue weighted by Crippen LogP contribution is 2.27. The fraction of sp³-hybridized carbons (Fsp3) is 0.462. The van der Waals surface area contributed by atoms with Gasteiger partial charge < -0.3 is 14.3 Å². The van der Waals surface area contributed by atoms with Crippen LogP contribution in [0.15, 0.2) is 18.2 Å². The van der Waals surface area contributed by atoms with Gasteiger partial charge in [0.2, 0.25) is 0 Å². The fourth-order valence-corrected chi connectivity index (χ4v) is 1.57. The van der Waals surface area contributed by atoms with E-state index in [0.717, 1.165) is 30.8 Å². The van der Waals surface area contributed by atoms with Crippen LogP contribution in [0.25, 0.3) is 0 Å². The predicted octanol–water partition coefficient (Wildman–Crippen LogP) is 1.38. The summed E-state index contributed by atoms with van der Waals surface area (Å²) in [6.07, 6.45) is 1.79. The highest BCUT2D eigenvalue weighted by Gasteiger charge is 2.05. The molecule has 0 saturated heterocycles. The average molecular weight is 237 g/mol. The van der Waals surface area contributed by atoms with Crippen molar-refractivity contribution >= 4 is 6.29 Å². The van der Waals surface area contributed by atoms with Gasteiger partial charge in [-0.15, -0.1) is 0 Å². The maximum absolute atomic E-state index is 10.3. The second kappa shape index (κ2) is 6.91. The van der Waals surface area contributed by atoms with Crippen LogP contribution in [0, 0.1) is 0 Å². The molecule has 1 aromatic carbocycles. The molecule has 0 saturated carbocycles. The number of nitrogens with zero attached hydrogens (tertiary/aromatic N) is 1. The number of benzene rings is 1. The van der Waals surface area contributed by atoms with Gasteiger partial charge in [0.15, 0.2) is 11.5 Å². The van der Waals surface area contributed by atoms with Gasteiger partial charge in [0, 0.05) is 6.54 Å². The van der Waals surface area contributed by atoms with Gasteiger partial charge in [-0.1, -0.05) is 6.07 Å². The minimum Gasteiger partial charge on any atom is -0.493 e. The van der Waals surface area contributed by atoms with E-state index in [2.05, 4.69) is 0 Å². The highest BCUT2D eigenvalue weighted by molar-refractivity contribution is 5.51. The molecule has 17 heavy (non-hydrogen) atoms. The van der Waals surface area contributed by atoms with Crippen molar-refractivity contribution < 1.29 is 14.3 Å². The Labute approximate surface area is 102 Å². The van der Waals surface area contributed by atoms with Gasteiger partial charge in [0.05, 0.1) is 20.8 Å². The number of hydrogen-bond acceptors (Lipinski definition) is 4. The summed E-state index contributed by atoms with van der Waals surface area (Å²) < 4.78 is 10.4. The van der Waals surface area contributed by atoms with Crippen LogP contribution < -0.4 is 9.47 Å². The molecule has 1 aromatic rings. The molecule has 0 aromatic heterocycles. The van der Waals surface area contributed by atoms with Crippen molar-refractivity contribution in [1.29, 1.82) is 0 Å². The Kier molecular flexibility index (Phi) is 5.49. The van der Waals surface area contributed by atoms with Gasteiger partial charge in [-0.25, -0.2) is 0 Å². The summed E-state index contributed by atoms with van der Waals surface area (Å²) in [6, 6.07) is 5.87. The van der Waals surface area contributed by atoms with Crippen LogP contribution in [-0.4, -0.2) is 45.5 Å². The van der Waals surface area contributed by atoms with E-state index in [-0.39, 0.29) is 0 Å². The van der Waals surface area contributed by atoms with Crippen molar-refractivity contribution in [1.82, 2.24) is 4.90 Å². The molecular formula is C13H19NO3. The second-order valence-corrected chi connectivity index (χ2v) is 3.87. The molecule has 0 radical (unpaired) electrons. The van der Waals surface area contributed by atoms with E-state index in [9.17, 15) is 4.79 Å². The summed E-state index contributed by atoms with van der Waals surface area (Å²) in [5.74, 6) is 1.47. The highest BCUT2D eigenvalue weighted by atomic mass is 16.5. The molecule has 0 fully saturated rings. The van der Waals surface area contributed by atoms with Crippen molar-refractivity contribution in [3.05, 3.63) is 23.8 Å². The molecule has 0 aliphatic heterocycles.